The molecule has 0 amide bonds. The molecule has 0 spiro atoms. The van der Waals surface area contributed by atoms with Crippen molar-refractivity contribution in [3.8, 4) is 11.3 Å². The Kier molecular flexibility index (Phi) is 5.77. The minimum absolute atomic E-state index is 0.113. The highest BCUT2D eigenvalue weighted by Gasteiger charge is 2.20. The summed E-state index contributed by atoms with van der Waals surface area (Å²) < 4.78 is 19.9. The topological polar surface area (TPSA) is 79.5 Å². The molecule has 1 atom stereocenters. The van der Waals surface area contributed by atoms with E-state index in [1.54, 1.807) is 13.0 Å². The van der Waals surface area contributed by atoms with Crippen molar-refractivity contribution < 1.29 is 18.7 Å². The van der Waals surface area contributed by atoms with Gasteiger partial charge in [-0.1, -0.05) is 29.8 Å². The van der Waals surface area contributed by atoms with Crippen molar-refractivity contribution in [3.05, 3.63) is 98.5 Å². The lowest BCUT2D eigenvalue weighted by molar-refractivity contribution is 0.0697. The number of carbonyl (C=O) groups is 1. The van der Waals surface area contributed by atoms with Gasteiger partial charge in [-0.2, -0.15) is 0 Å². The first kappa shape index (κ1) is 22.3. The predicted molar refractivity (Wildman–Crippen MR) is 128 cm³/mol. The fraction of sp³-hybridized carbons (Fsp3) is 0.185. The first-order valence-electron chi connectivity index (χ1n) is 10.6. The largest absolute Gasteiger partial charge is 0.478 e. The van der Waals surface area contributed by atoms with Gasteiger partial charge in [0.05, 0.1) is 17.0 Å². The highest BCUT2D eigenvalue weighted by Crippen LogP contribution is 2.33. The van der Waals surface area contributed by atoms with E-state index in [0.29, 0.717) is 27.9 Å². The summed E-state index contributed by atoms with van der Waals surface area (Å²) in [6.07, 6.45) is 0. The average molecular weight is 445 g/mol. The van der Waals surface area contributed by atoms with Crippen LogP contribution < -0.4 is 10.7 Å². The number of rotatable bonds is 5. The van der Waals surface area contributed by atoms with Gasteiger partial charge < -0.3 is 14.8 Å². The number of hydrogen-bond acceptors (Lipinski definition) is 4. The van der Waals surface area contributed by atoms with E-state index >= 15 is 0 Å². The molecule has 0 radical (unpaired) electrons. The summed E-state index contributed by atoms with van der Waals surface area (Å²) in [5, 5.41) is 13.1. The Morgan fingerprint density at radius 2 is 1.79 bits per heavy atom. The molecule has 1 aromatic heterocycles. The van der Waals surface area contributed by atoms with E-state index in [1.807, 2.05) is 51.1 Å². The van der Waals surface area contributed by atoms with Crippen LogP contribution in [0.5, 0.6) is 0 Å². The number of fused-ring (bicyclic) bond motifs is 1. The molecule has 0 fully saturated rings. The van der Waals surface area contributed by atoms with Gasteiger partial charge in [-0.05, 0) is 63.6 Å². The zero-order chi connectivity index (χ0) is 23.9. The highest BCUT2D eigenvalue weighted by molar-refractivity contribution is 5.94. The molecule has 168 valence electrons. The van der Waals surface area contributed by atoms with Crippen LogP contribution in [0.1, 0.15) is 45.6 Å². The highest BCUT2D eigenvalue weighted by atomic mass is 19.1. The van der Waals surface area contributed by atoms with Crippen LogP contribution in [0.15, 0.2) is 63.8 Å². The van der Waals surface area contributed by atoms with Crippen molar-refractivity contribution in [2.45, 2.75) is 33.7 Å². The molecule has 6 heteroatoms. The molecular formula is C27H24FNO4. The molecule has 0 saturated heterocycles. The minimum atomic E-state index is -1.23. The van der Waals surface area contributed by atoms with Crippen LogP contribution >= 0.6 is 0 Å². The number of anilines is 1. The molecule has 5 nitrogen and oxygen atoms in total. The monoisotopic (exact) mass is 445 g/mol. The van der Waals surface area contributed by atoms with E-state index in [9.17, 15) is 19.1 Å². The van der Waals surface area contributed by atoms with E-state index in [-0.39, 0.29) is 16.7 Å². The number of carboxylic acid groups (broad SMARTS) is 1. The summed E-state index contributed by atoms with van der Waals surface area (Å²) >= 11 is 0. The number of benzene rings is 3. The van der Waals surface area contributed by atoms with Gasteiger partial charge in [0.2, 0.25) is 0 Å². The summed E-state index contributed by atoms with van der Waals surface area (Å²) in [5.74, 6) is -1.36. The maximum atomic E-state index is 13.6. The minimum Gasteiger partial charge on any atom is -0.478 e. The normalized spacial score (nSPS) is 12.0. The number of nitrogens with one attached hydrogen (secondary N) is 1. The van der Waals surface area contributed by atoms with E-state index in [2.05, 4.69) is 5.32 Å². The van der Waals surface area contributed by atoms with E-state index < -0.39 is 17.8 Å². The van der Waals surface area contributed by atoms with E-state index in [4.69, 9.17) is 4.42 Å². The second-order valence-electron chi connectivity index (χ2n) is 8.35. The molecule has 0 bridgehead atoms. The maximum absolute atomic E-state index is 13.6. The van der Waals surface area contributed by atoms with Gasteiger partial charge in [0.1, 0.15) is 17.2 Å². The van der Waals surface area contributed by atoms with Crippen molar-refractivity contribution in [3.63, 3.8) is 0 Å². The van der Waals surface area contributed by atoms with Gasteiger partial charge in [0, 0.05) is 22.4 Å². The smallest absolute Gasteiger partial charge is 0.337 e. The van der Waals surface area contributed by atoms with Crippen molar-refractivity contribution in [2.24, 2.45) is 0 Å². The van der Waals surface area contributed by atoms with Gasteiger partial charge >= 0.3 is 5.97 Å². The Morgan fingerprint density at radius 1 is 1.03 bits per heavy atom. The lowest BCUT2D eigenvalue weighted by Gasteiger charge is -2.20. The second-order valence-corrected chi connectivity index (χ2v) is 8.35. The molecule has 4 rings (SSSR count). The molecule has 33 heavy (non-hydrogen) atoms. The van der Waals surface area contributed by atoms with Crippen molar-refractivity contribution in [2.75, 3.05) is 5.32 Å². The molecule has 2 N–H and O–H groups in total. The number of carboxylic acids is 1. The SMILES string of the molecule is Cc1cccc(-c2oc3c(C(C)Nc4ccc(F)cc4C(=O)O)cc(C)cc3c(=O)c2C)c1. The lowest BCUT2D eigenvalue weighted by atomic mass is 9.98. The van der Waals surface area contributed by atoms with Crippen molar-refractivity contribution in [1.29, 1.82) is 0 Å². The van der Waals surface area contributed by atoms with Crippen LogP contribution in [0.2, 0.25) is 0 Å². The van der Waals surface area contributed by atoms with Crippen LogP contribution in [0, 0.1) is 26.6 Å². The fourth-order valence-corrected chi connectivity index (χ4v) is 4.08. The molecule has 0 aliphatic heterocycles. The Labute approximate surface area is 190 Å². The second kappa shape index (κ2) is 8.54. The number of aromatic carboxylic acids is 1. The average Bonchev–Trinajstić information content (AvgIpc) is 2.77. The lowest BCUT2D eigenvalue weighted by Crippen LogP contribution is -2.14. The van der Waals surface area contributed by atoms with Crippen molar-refractivity contribution >= 4 is 22.6 Å². The molecule has 0 aliphatic carbocycles. The Hall–Kier alpha value is -3.93. The summed E-state index contributed by atoms with van der Waals surface area (Å²) in [6, 6.07) is 14.6. The first-order chi connectivity index (χ1) is 15.7. The molecule has 4 aromatic rings. The zero-order valence-electron chi connectivity index (χ0n) is 18.8. The number of halogens is 1. The Morgan fingerprint density at radius 3 is 2.48 bits per heavy atom. The summed E-state index contributed by atoms with van der Waals surface area (Å²) in [6.45, 7) is 7.46. The van der Waals surface area contributed by atoms with Gasteiger partial charge in [0.25, 0.3) is 0 Å². The van der Waals surface area contributed by atoms with Crippen LogP contribution in [-0.2, 0) is 0 Å². The molecule has 3 aromatic carbocycles. The third kappa shape index (κ3) is 4.24. The summed E-state index contributed by atoms with van der Waals surface area (Å²) in [4.78, 5) is 24.9. The predicted octanol–water partition coefficient (Wildman–Crippen LogP) is 6.40. The quantitative estimate of drug-likeness (QED) is 0.372. The first-order valence-corrected chi connectivity index (χ1v) is 10.6. The van der Waals surface area contributed by atoms with Crippen LogP contribution in [0.25, 0.3) is 22.3 Å². The van der Waals surface area contributed by atoms with Gasteiger partial charge in [-0.3, -0.25) is 4.79 Å². The zero-order valence-corrected chi connectivity index (χ0v) is 18.8. The van der Waals surface area contributed by atoms with Gasteiger partial charge in [-0.25, -0.2) is 9.18 Å². The van der Waals surface area contributed by atoms with E-state index in [0.717, 1.165) is 22.8 Å². The standard InChI is InChI=1S/C27H24FNO4/c1-14-6-5-7-18(10-14)25-16(3)24(30)22-12-15(2)11-20(26(22)33-25)17(4)29-23-9-8-19(28)13-21(23)27(31)32/h5-13,17,29H,1-4H3,(H,31,32). The third-order valence-corrected chi connectivity index (χ3v) is 5.72. The number of hydrogen-bond donors (Lipinski definition) is 2. The molecular weight excluding hydrogens is 421 g/mol. The Bertz CT molecular complexity index is 1450. The number of aryl methyl sites for hydroxylation is 2. The molecule has 0 saturated carbocycles. The van der Waals surface area contributed by atoms with Crippen molar-refractivity contribution in [1.82, 2.24) is 0 Å². The summed E-state index contributed by atoms with van der Waals surface area (Å²) in [5.41, 5.74) is 4.39. The molecule has 1 heterocycles. The maximum Gasteiger partial charge on any atom is 0.337 e. The van der Waals surface area contributed by atoms with Crippen LogP contribution in [0.3, 0.4) is 0 Å². The van der Waals surface area contributed by atoms with Crippen LogP contribution in [0.4, 0.5) is 10.1 Å². The fourth-order valence-electron chi connectivity index (χ4n) is 4.08. The van der Waals surface area contributed by atoms with E-state index in [1.165, 1.54) is 12.1 Å². The van der Waals surface area contributed by atoms with Gasteiger partial charge in [0.15, 0.2) is 5.43 Å². The molecule has 1 unspecified atom stereocenters. The van der Waals surface area contributed by atoms with Gasteiger partial charge in [-0.15, -0.1) is 0 Å². The third-order valence-electron chi connectivity index (χ3n) is 5.72. The summed E-state index contributed by atoms with van der Waals surface area (Å²) in [7, 11) is 0. The van der Waals surface area contributed by atoms with Crippen LogP contribution in [-0.4, -0.2) is 11.1 Å². The Balaban J connectivity index is 1.89. The molecule has 0 aliphatic rings.